The first-order valence-corrected chi connectivity index (χ1v) is 9.15. The standard InChI is InChI=1S/C20H29N5.HI/c1-16-10-17(2)14-24(13-16)20(21-3)22-12-18-6-4-7-19(11-18)15-25-9-5-8-23-25;/h4-9,11,16-17H,10,12-15H2,1-3H3,(H,21,22);1H. The lowest BCUT2D eigenvalue weighted by Gasteiger charge is -2.37. The third-order valence-electron chi connectivity index (χ3n) is 4.73. The number of aromatic nitrogens is 2. The van der Waals surface area contributed by atoms with Crippen LogP contribution in [0.3, 0.4) is 0 Å². The minimum absolute atomic E-state index is 0. The zero-order valence-corrected chi connectivity index (χ0v) is 18.3. The molecule has 1 aromatic carbocycles. The number of benzene rings is 1. The highest BCUT2D eigenvalue weighted by Crippen LogP contribution is 2.21. The van der Waals surface area contributed by atoms with Crippen molar-refractivity contribution in [1.29, 1.82) is 0 Å². The lowest BCUT2D eigenvalue weighted by Crippen LogP contribution is -2.48. The minimum atomic E-state index is 0. The number of rotatable bonds is 4. The molecule has 26 heavy (non-hydrogen) atoms. The Morgan fingerprint density at radius 3 is 2.58 bits per heavy atom. The van der Waals surface area contributed by atoms with Crippen LogP contribution < -0.4 is 5.32 Å². The molecular weight excluding hydrogens is 437 g/mol. The van der Waals surface area contributed by atoms with Gasteiger partial charge in [-0.15, -0.1) is 24.0 Å². The third-order valence-corrected chi connectivity index (χ3v) is 4.73. The summed E-state index contributed by atoms with van der Waals surface area (Å²) in [7, 11) is 1.88. The maximum atomic E-state index is 4.50. The van der Waals surface area contributed by atoms with Gasteiger partial charge >= 0.3 is 0 Å². The second-order valence-corrected chi connectivity index (χ2v) is 7.28. The Kier molecular flexibility index (Phi) is 7.93. The molecule has 0 spiro atoms. The van der Waals surface area contributed by atoms with E-state index < -0.39 is 0 Å². The molecule has 3 rings (SSSR count). The predicted molar refractivity (Wildman–Crippen MR) is 118 cm³/mol. The van der Waals surface area contributed by atoms with Gasteiger partial charge in [0, 0.05) is 39.1 Å². The molecule has 142 valence electrons. The van der Waals surface area contributed by atoms with Crippen LogP contribution in [-0.2, 0) is 13.1 Å². The van der Waals surface area contributed by atoms with Crippen LogP contribution in [0.2, 0.25) is 0 Å². The molecule has 1 aliphatic heterocycles. The molecule has 0 radical (unpaired) electrons. The van der Waals surface area contributed by atoms with E-state index in [9.17, 15) is 0 Å². The number of piperidine rings is 1. The first kappa shape index (κ1) is 20.7. The maximum Gasteiger partial charge on any atom is 0.193 e. The van der Waals surface area contributed by atoms with Gasteiger partial charge in [0.25, 0.3) is 0 Å². The van der Waals surface area contributed by atoms with Crippen LogP contribution in [0.5, 0.6) is 0 Å². The highest BCUT2D eigenvalue weighted by Gasteiger charge is 2.23. The summed E-state index contributed by atoms with van der Waals surface area (Å²) in [6, 6.07) is 10.6. The summed E-state index contributed by atoms with van der Waals surface area (Å²) in [5.41, 5.74) is 2.53. The van der Waals surface area contributed by atoms with E-state index in [4.69, 9.17) is 0 Å². The lowest BCUT2D eigenvalue weighted by molar-refractivity contribution is 0.208. The van der Waals surface area contributed by atoms with Gasteiger partial charge in [0.1, 0.15) is 0 Å². The molecule has 2 atom stereocenters. The van der Waals surface area contributed by atoms with Gasteiger partial charge in [-0.3, -0.25) is 9.67 Å². The monoisotopic (exact) mass is 467 g/mol. The molecule has 1 saturated heterocycles. The molecule has 2 unspecified atom stereocenters. The number of nitrogens with one attached hydrogen (secondary N) is 1. The van der Waals surface area contributed by atoms with E-state index in [1.807, 2.05) is 30.2 Å². The highest BCUT2D eigenvalue weighted by molar-refractivity contribution is 14.0. The summed E-state index contributed by atoms with van der Waals surface area (Å²) in [6.07, 6.45) is 5.12. The molecule has 1 aliphatic rings. The van der Waals surface area contributed by atoms with E-state index in [0.717, 1.165) is 44.0 Å². The Hall–Kier alpha value is -1.57. The average Bonchev–Trinajstić information content (AvgIpc) is 3.08. The Morgan fingerprint density at radius 2 is 1.92 bits per heavy atom. The lowest BCUT2D eigenvalue weighted by atomic mass is 9.92. The molecule has 2 heterocycles. The summed E-state index contributed by atoms with van der Waals surface area (Å²) in [5.74, 6) is 2.45. The van der Waals surface area contributed by atoms with Crippen molar-refractivity contribution in [2.75, 3.05) is 20.1 Å². The molecule has 5 nitrogen and oxygen atoms in total. The van der Waals surface area contributed by atoms with Crippen LogP contribution in [0, 0.1) is 11.8 Å². The number of hydrogen-bond donors (Lipinski definition) is 1. The van der Waals surface area contributed by atoms with Gasteiger partial charge in [0.15, 0.2) is 5.96 Å². The van der Waals surface area contributed by atoms with Crippen LogP contribution in [0.4, 0.5) is 0 Å². The van der Waals surface area contributed by atoms with E-state index >= 15 is 0 Å². The fourth-order valence-electron chi connectivity index (χ4n) is 3.77. The minimum Gasteiger partial charge on any atom is -0.352 e. The molecule has 1 N–H and O–H groups in total. The van der Waals surface area contributed by atoms with Crippen molar-refractivity contribution in [3.63, 3.8) is 0 Å². The van der Waals surface area contributed by atoms with Crippen LogP contribution in [-0.4, -0.2) is 40.8 Å². The van der Waals surface area contributed by atoms with E-state index in [1.165, 1.54) is 17.5 Å². The summed E-state index contributed by atoms with van der Waals surface area (Å²) in [4.78, 5) is 6.89. The van der Waals surface area contributed by atoms with Crippen molar-refractivity contribution >= 4 is 29.9 Å². The number of likely N-dealkylation sites (tertiary alicyclic amines) is 1. The van der Waals surface area contributed by atoms with E-state index in [0.29, 0.717) is 0 Å². The molecule has 1 fully saturated rings. The van der Waals surface area contributed by atoms with Crippen molar-refractivity contribution in [3.8, 4) is 0 Å². The zero-order valence-electron chi connectivity index (χ0n) is 15.9. The van der Waals surface area contributed by atoms with Crippen LogP contribution in [0.25, 0.3) is 0 Å². The fourth-order valence-corrected chi connectivity index (χ4v) is 3.77. The molecule has 0 saturated carbocycles. The number of hydrogen-bond acceptors (Lipinski definition) is 2. The number of nitrogens with zero attached hydrogens (tertiary/aromatic N) is 4. The molecule has 1 aromatic heterocycles. The Bertz CT molecular complexity index is 688. The molecule has 0 amide bonds. The molecule has 2 aromatic rings. The van der Waals surface area contributed by atoms with Gasteiger partial charge in [-0.1, -0.05) is 38.1 Å². The summed E-state index contributed by atoms with van der Waals surface area (Å²) >= 11 is 0. The first-order valence-electron chi connectivity index (χ1n) is 9.15. The van der Waals surface area contributed by atoms with Gasteiger partial charge in [0.2, 0.25) is 0 Å². The molecule has 6 heteroatoms. The van der Waals surface area contributed by atoms with Crippen LogP contribution >= 0.6 is 24.0 Å². The van der Waals surface area contributed by atoms with Crippen molar-refractivity contribution in [1.82, 2.24) is 20.0 Å². The van der Waals surface area contributed by atoms with E-state index in [-0.39, 0.29) is 24.0 Å². The van der Waals surface area contributed by atoms with Crippen LogP contribution in [0.15, 0.2) is 47.7 Å². The topological polar surface area (TPSA) is 45.5 Å². The van der Waals surface area contributed by atoms with E-state index in [2.05, 4.69) is 58.4 Å². The Balaban J connectivity index is 0.00000243. The van der Waals surface area contributed by atoms with Crippen molar-refractivity contribution in [2.45, 2.75) is 33.4 Å². The smallest absolute Gasteiger partial charge is 0.193 e. The number of halogens is 1. The summed E-state index contributed by atoms with van der Waals surface area (Å²) in [6.45, 7) is 8.42. The molecule has 0 aliphatic carbocycles. The van der Waals surface area contributed by atoms with Gasteiger partial charge in [-0.2, -0.15) is 5.10 Å². The van der Waals surface area contributed by atoms with Gasteiger partial charge in [-0.25, -0.2) is 0 Å². The SMILES string of the molecule is CN=C(NCc1cccc(Cn2cccn2)c1)N1CC(C)CC(C)C1.I. The molecular formula is C20H30IN5. The van der Waals surface area contributed by atoms with Gasteiger partial charge in [0.05, 0.1) is 6.54 Å². The van der Waals surface area contributed by atoms with Crippen molar-refractivity contribution in [3.05, 3.63) is 53.9 Å². The zero-order chi connectivity index (χ0) is 17.6. The van der Waals surface area contributed by atoms with E-state index in [1.54, 1.807) is 0 Å². The largest absolute Gasteiger partial charge is 0.352 e. The second-order valence-electron chi connectivity index (χ2n) is 7.28. The predicted octanol–water partition coefficient (Wildman–Crippen LogP) is 3.60. The van der Waals surface area contributed by atoms with Crippen molar-refractivity contribution < 1.29 is 0 Å². The average molecular weight is 467 g/mol. The Morgan fingerprint density at radius 1 is 1.19 bits per heavy atom. The quantitative estimate of drug-likeness (QED) is 0.425. The van der Waals surface area contributed by atoms with Gasteiger partial charge < -0.3 is 10.2 Å². The molecule has 0 bridgehead atoms. The number of aliphatic imine (C=N–C) groups is 1. The number of guanidine groups is 1. The highest BCUT2D eigenvalue weighted by atomic mass is 127. The second kappa shape index (κ2) is 9.94. The Labute approximate surface area is 173 Å². The fraction of sp³-hybridized carbons (Fsp3) is 0.500. The third kappa shape index (κ3) is 5.72. The van der Waals surface area contributed by atoms with Crippen molar-refractivity contribution in [2.24, 2.45) is 16.8 Å². The first-order chi connectivity index (χ1) is 12.1. The normalized spacial score (nSPS) is 20.6. The maximum absolute atomic E-state index is 4.50. The van der Waals surface area contributed by atoms with Crippen LogP contribution in [0.1, 0.15) is 31.4 Å². The van der Waals surface area contributed by atoms with Gasteiger partial charge in [-0.05, 0) is 35.4 Å². The summed E-state index contributed by atoms with van der Waals surface area (Å²) < 4.78 is 1.95. The summed E-state index contributed by atoms with van der Waals surface area (Å²) in [5, 5.41) is 7.82.